The summed E-state index contributed by atoms with van der Waals surface area (Å²) in [5.41, 5.74) is -3.19. The third kappa shape index (κ3) is 4.21. The van der Waals surface area contributed by atoms with E-state index in [9.17, 15) is 14.7 Å². The van der Waals surface area contributed by atoms with E-state index in [0.717, 1.165) is 19.3 Å². The molecule has 4 heterocycles. The molecule has 0 amide bonds. The van der Waals surface area contributed by atoms with E-state index in [2.05, 4.69) is 11.9 Å². The topological polar surface area (TPSA) is 126 Å². The maximum atomic E-state index is 13.4. The van der Waals surface area contributed by atoms with Crippen LogP contribution in [0.4, 0.5) is 0 Å². The third-order valence-corrected chi connectivity index (χ3v) is 10.7. The number of aromatic nitrogens is 1. The highest BCUT2D eigenvalue weighted by atomic mass is 16.7. The van der Waals surface area contributed by atoms with E-state index < -0.39 is 40.1 Å². The molecule has 5 fully saturated rings. The lowest BCUT2D eigenvalue weighted by Crippen LogP contribution is -2.74. The number of rotatable bonds is 7. The number of nitrogens with zero attached hydrogens (tertiary/aromatic N) is 1. The first kappa shape index (κ1) is 28.0. The number of hydrogen-bond acceptors (Lipinski definition) is 10. The summed E-state index contributed by atoms with van der Waals surface area (Å²) in [6.07, 6.45) is 5.28. The van der Waals surface area contributed by atoms with Crippen molar-refractivity contribution in [3.05, 3.63) is 30.1 Å². The fraction of sp³-hybridized carbons (Fsp3) is 0.767. The Morgan fingerprint density at radius 1 is 1.20 bits per heavy atom. The molecule has 10 heteroatoms. The van der Waals surface area contributed by atoms with Gasteiger partial charge in [-0.15, -0.1) is 0 Å². The van der Waals surface area contributed by atoms with E-state index in [4.69, 9.17) is 28.4 Å². The Balaban J connectivity index is 1.39. The lowest BCUT2D eigenvalue weighted by molar-refractivity contribution is -0.286. The Bertz CT molecular complexity index is 1110. The Kier molecular flexibility index (Phi) is 7.02. The molecule has 5 aliphatic rings. The van der Waals surface area contributed by atoms with Gasteiger partial charge in [0, 0.05) is 50.6 Å². The molecule has 0 bridgehead atoms. The predicted octanol–water partition coefficient (Wildman–Crippen LogP) is 3.20. The third-order valence-electron chi connectivity index (χ3n) is 10.7. The van der Waals surface area contributed by atoms with Crippen molar-refractivity contribution in [3.63, 3.8) is 0 Å². The van der Waals surface area contributed by atoms with Gasteiger partial charge in [-0.25, -0.2) is 4.79 Å². The van der Waals surface area contributed by atoms with Crippen LogP contribution in [0.2, 0.25) is 0 Å². The first-order chi connectivity index (χ1) is 19.1. The number of fused-ring (bicyclic) bond motifs is 3. The number of aliphatic hydroxyl groups is 1. The lowest BCUT2D eigenvalue weighted by atomic mass is 9.41. The van der Waals surface area contributed by atoms with Gasteiger partial charge in [0.25, 0.3) is 0 Å². The summed E-state index contributed by atoms with van der Waals surface area (Å²) >= 11 is 0. The first-order valence-corrected chi connectivity index (χ1v) is 14.6. The van der Waals surface area contributed by atoms with E-state index in [0.29, 0.717) is 31.6 Å². The van der Waals surface area contributed by atoms with Gasteiger partial charge in [-0.05, 0) is 44.7 Å². The Hall–Kier alpha value is -2.11. The number of ether oxygens (including phenoxy) is 6. The SMILES string of the molecule is CCOC1CC2OC(C3(C)C4CCCC5(CO5)C4(COC(C)=O)C(OC(=O)c4cccnc4)CC3(C)O)CC2O1. The highest BCUT2D eigenvalue weighted by molar-refractivity contribution is 5.89. The standard InChI is InChI=1S/C30H41NO9/c1-5-35-25-13-21-20(39-25)12-23(38-21)28(4)22-9-6-10-29(16-37-29)30(22,17-36-18(2)32)24(14-27(28,3)34)40-26(33)19-8-7-11-31-15-19/h7-8,11,15,20-25,34H,5-6,9-10,12-14,16-17H2,1-4H3. The second-order valence-electron chi connectivity index (χ2n) is 12.6. The van der Waals surface area contributed by atoms with Gasteiger partial charge < -0.3 is 33.5 Å². The minimum absolute atomic E-state index is 0.0339. The Morgan fingerprint density at radius 3 is 2.62 bits per heavy atom. The van der Waals surface area contributed by atoms with E-state index in [1.54, 1.807) is 18.3 Å². The van der Waals surface area contributed by atoms with E-state index in [1.165, 1.54) is 13.1 Å². The molecule has 6 rings (SSSR count). The molecule has 10 atom stereocenters. The van der Waals surface area contributed by atoms with Gasteiger partial charge in [0.15, 0.2) is 6.29 Å². The van der Waals surface area contributed by atoms with Crippen LogP contribution in [0.3, 0.4) is 0 Å². The van der Waals surface area contributed by atoms with Crippen molar-refractivity contribution in [2.75, 3.05) is 19.8 Å². The van der Waals surface area contributed by atoms with Crippen LogP contribution in [0.1, 0.15) is 76.6 Å². The molecule has 1 spiro atoms. The van der Waals surface area contributed by atoms with Crippen molar-refractivity contribution in [1.29, 1.82) is 0 Å². The van der Waals surface area contributed by atoms with Crippen LogP contribution in [-0.2, 0) is 33.2 Å². The summed E-state index contributed by atoms with van der Waals surface area (Å²) in [4.78, 5) is 29.7. The molecule has 1 N–H and O–H groups in total. The van der Waals surface area contributed by atoms with E-state index >= 15 is 0 Å². The summed E-state index contributed by atoms with van der Waals surface area (Å²) in [5.74, 6) is -1.16. The highest BCUT2D eigenvalue weighted by Crippen LogP contribution is 2.71. The van der Waals surface area contributed by atoms with Crippen molar-refractivity contribution < 1.29 is 43.1 Å². The van der Waals surface area contributed by atoms with Crippen LogP contribution in [0.15, 0.2) is 24.5 Å². The molecule has 0 aromatic carbocycles. The first-order valence-electron chi connectivity index (χ1n) is 14.6. The van der Waals surface area contributed by atoms with Crippen molar-refractivity contribution in [1.82, 2.24) is 4.98 Å². The zero-order valence-electron chi connectivity index (χ0n) is 23.8. The van der Waals surface area contributed by atoms with Gasteiger partial charge in [-0.2, -0.15) is 0 Å². The quantitative estimate of drug-likeness (QED) is 0.393. The summed E-state index contributed by atoms with van der Waals surface area (Å²) in [7, 11) is 0. The number of carbonyl (C=O) groups is 2. The van der Waals surface area contributed by atoms with Crippen molar-refractivity contribution in [3.8, 4) is 0 Å². The molecule has 220 valence electrons. The van der Waals surface area contributed by atoms with Gasteiger partial charge in [-0.1, -0.05) is 13.3 Å². The molecule has 10 nitrogen and oxygen atoms in total. The van der Waals surface area contributed by atoms with Crippen LogP contribution >= 0.6 is 0 Å². The minimum Gasteiger partial charge on any atom is -0.465 e. The molecule has 2 aliphatic carbocycles. The number of carbonyl (C=O) groups excluding carboxylic acids is 2. The fourth-order valence-electron chi connectivity index (χ4n) is 8.52. The van der Waals surface area contributed by atoms with Crippen LogP contribution in [0.25, 0.3) is 0 Å². The molecule has 1 aromatic rings. The highest BCUT2D eigenvalue weighted by Gasteiger charge is 2.79. The number of esters is 2. The zero-order valence-corrected chi connectivity index (χ0v) is 23.8. The molecule has 10 unspecified atom stereocenters. The Labute approximate surface area is 235 Å². The minimum atomic E-state index is -1.27. The molecule has 40 heavy (non-hydrogen) atoms. The average Bonchev–Trinajstić information content (AvgIpc) is 3.42. The van der Waals surface area contributed by atoms with Crippen molar-refractivity contribution >= 4 is 11.9 Å². The molecular formula is C30H41NO9. The number of pyridine rings is 1. The summed E-state index contributed by atoms with van der Waals surface area (Å²) < 4.78 is 36.9. The molecule has 3 saturated heterocycles. The largest absolute Gasteiger partial charge is 0.465 e. The molecule has 0 radical (unpaired) electrons. The van der Waals surface area contributed by atoms with Crippen LogP contribution < -0.4 is 0 Å². The second kappa shape index (κ2) is 10.0. The van der Waals surface area contributed by atoms with Crippen molar-refractivity contribution in [2.45, 2.75) is 108 Å². The monoisotopic (exact) mass is 559 g/mol. The van der Waals surface area contributed by atoms with Crippen molar-refractivity contribution in [2.24, 2.45) is 16.7 Å². The molecular weight excluding hydrogens is 518 g/mol. The van der Waals surface area contributed by atoms with Gasteiger partial charge in [-0.3, -0.25) is 9.78 Å². The molecule has 3 aliphatic heterocycles. The van der Waals surface area contributed by atoms with Crippen LogP contribution in [0, 0.1) is 16.7 Å². The smallest absolute Gasteiger partial charge is 0.340 e. The second-order valence-corrected chi connectivity index (χ2v) is 12.6. The van der Waals surface area contributed by atoms with E-state index in [1.807, 2.05) is 13.8 Å². The molecule has 2 saturated carbocycles. The van der Waals surface area contributed by atoms with Gasteiger partial charge in [0.2, 0.25) is 0 Å². The fourth-order valence-corrected chi connectivity index (χ4v) is 8.52. The van der Waals surface area contributed by atoms with Gasteiger partial charge in [0.05, 0.1) is 41.5 Å². The Morgan fingerprint density at radius 2 is 1.98 bits per heavy atom. The van der Waals surface area contributed by atoms with E-state index in [-0.39, 0.29) is 43.5 Å². The summed E-state index contributed by atoms with van der Waals surface area (Å²) in [5, 5.41) is 12.3. The number of epoxide rings is 1. The zero-order chi connectivity index (χ0) is 28.3. The summed E-state index contributed by atoms with van der Waals surface area (Å²) in [6.45, 7) is 8.34. The normalized spacial score (nSPS) is 45.5. The van der Waals surface area contributed by atoms with Gasteiger partial charge in [0.1, 0.15) is 18.3 Å². The maximum absolute atomic E-state index is 13.4. The van der Waals surface area contributed by atoms with Gasteiger partial charge >= 0.3 is 11.9 Å². The predicted molar refractivity (Wildman–Crippen MR) is 140 cm³/mol. The molecule has 1 aromatic heterocycles. The average molecular weight is 560 g/mol. The van der Waals surface area contributed by atoms with Crippen LogP contribution in [0.5, 0.6) is 0 Å². The lowest BCUT2D eigenvalue weighted by Gasteiger charge is -2.66. The maximum Gasteiger partial charge on any atom is 0.340 e. The number of hydrogen-bond donors (Lipinski definition) is 1. The van der Waals surface area contributed by atoms with Crippen LogP contribution in [-0.4, -0.2) is 83.8 Å². The summed E-state index contributed by atoms with van der Waals surface area (Å²) in [6, 6.07) is 3.34.